The van der Waals surface area contributed by atoms with Crippen LogP contribution in [0.3, 0.4) is 0 Å². The second-order valence-electron chi connectivity index (χ2n) is 20.6. The molecule has 39 nitrogen and oxygen atoms in total. The molecule has 3 unspecified atom stereocenters. The first-order valence-electron chi connectivity index (χ1n) is 27.2. The average Bonchev–Trinajstić information content (AvgIpc) is 4.33. The predicted molar refractivity (Wildman–Crippen MR) is 303 cm³/mol. The lowest BCUT2D eigenvalue weighted by Crippen LogP contribution is -2.32. The highest BCUT2D eigenvalue weighted by atomic mass is 32.1. The number of anilines is 4. The van der Waals surface area contributed by atoms with Crippen LogP contribution >= 0.6 is 36.1 Å². The lowest BCUT2D eigenvalue weighted by Gasteiger charge is -2.25. The van der Waals surface area contributed by atoms with Gasteiger partial charge in [-0.2, -0.15) is 27.6 Å². The van der Waals surface area contributed by atoms with Crippen molar-refractivity contribution < 1.29 is 84.3 Å². The number of hydrogen-bond acceptors (Lipinski definition) is 31. The zero-order valence-electron chi connectivity index (χ0n) is 46.0. The Kier molecular flexibility index (Phi) is 18.9. The summed E-state index contributed by atoms with van der Waals surface area (Å²) < 4.78 is 111. The maximum atomic E-state index is 14.1. The monoisotopic (exact) mass is 1310 g/mol. The van der Waals surface area contributed by atoms with Crippen molar-refractivity contribution in [1.82, 2.24) is 68.1 Å². The lowest BCUT2D eigenvalue weighted by atomic mass is 10.2. The van der Waals surface area contributed by atoms with Gasteiger partial charge >= 0.3 is 29.2 Å². The van der Waals surface area contributed by atoms with Crippen LogP contribution in [0.1, 0.15) is 76.3 Å². The number of H-pyrrole nitrogens is 2. The maximum absolute atomic E-state index is 14.1. The van der Waals surface area contributed by atoms with Crippen molar-refractivity contribution >= 4 is 93.1 Å². The summed E-state index contributed by atoms with van der Waals surface area (Å²) in [6.45, 7) is -2.26. The number of hydrogen-bond donors (Lipinski definition) is 11. The number of aliphatic hydroxyl groups is 1. The summed E-state index contributed by atoms with van der Waals surface area (Å²) in [6, 6.07) is 1.28. The van der Waals surface area contributed by atoms with Gasteiger partial charge in [-0.25, -0.2) is 43.4 Å². The number of nitrogens with zero attached hydrogens (tertiary/aromatic N) is 12. The first-order valence-corrected chi connectivity index (χ1v) is 32.3. The Bertz CT molecular complexity index is 3990. The number of thiol groups is 1. The molecule has 0 spiro atoms. The second-order valence-corrected chi connectivity index (χ2v) is 25.3. The van der Waals surface area contributed by atoms with Crippen molar-refractivity contribution in [3.63, 3.8) is 0 Å². The van der Waals surface area contributed by atoms with E-state index in [9.17, 15) is 47.9 Å². The predicted octanol–water partition coefficient (Wildman–Crippen LogP) is 0.203. The first-order chi connectivity index (χ1) is 42.0. The third-order valence-electron chi connectivity index (χ3n) is 14.6. The van der Waals surface area contributed by atoms with Crippen LogP contribution in [0.25, 0.3) is 33.5 Å². The van der Waals surface area contributed by atoms with E-state index in [2.05, 4.69) is 62.5 Å². The molecule has 0 amide bonds. The Labute approximate surface area is 499 Å². The summed E-state index contributed by atoms with van der Waals surface area (Å²) in [5, 5.41) is 10.9. The quantitative estimate of drug-likeness (QED) is 0.0186. The molecule has 0 bridgehead atoms. The van der Waals surface area contributed by atoms with Crippen LogP contribution in [-0.2, 0) is 64.5 Å². The number of unbranched alkanes of at least 4 members (excludes halogenated alkanes) is 3. The molecule has 15 atom stereocenters. The van der Waals surface area contributed by atoms with E-state index >= 15 is 0 Å². The highest BCUT2D eigenvalue weighted by Gasteiger charge is 2.49. The number of aromatic nitrogens is 14. The van der Waals surface area contributed by atoms with Gasteiger partial charge in [0.1, 0.15) is 85.3 Å². The fourth-order valence-electron chi connectivity index (χ4n) is 10.4. The summed E-state index contributed by atoms with van der Waals surface area (Å²) in [6.07, 6.45) is -6.33. The number of nitrogen functional groups attached to an aromatic ring is 4. The summed E-state index contributed by atoms with van der Waals surface area (Å²) in [5.74, 6) is 0.225. The molecule has 0 saturated carbocycles. The maximum Gasteiger partial charge on any atom is 0.472 e. The van der Waals surface area contributed by atoms with Crippen molar-refractivity contribution in [2.75, 3.05) is 61.7 Å². The van der Waals surface area contributed by atoms with Gasteiger partial charge in [0.2, 0.25) is 11.9 Å². The molecule has 11 heterocycles. The second kappa shape index (κ2) is 26.3. The molecule has 7 aromatic heterocycles. The smallest absolute Gasteiger partial charge is 0.390 e. The molecule has 4 aliphatic heterocycles. The number of nitrogens with two attached hydrogens (primary N) is 4. The third kappa shape index (κ3) is 14.3. The Morgan fingerprint density at radius 2 is 1.02 bits per heavy atom. The Morgan fingerprint density at radius 1 is 0.568 bits per heavy atom. The van der Waals surface area contributed by atoms with Gasteiger partial charge in [0, 0.05) is 38.5 Å². The molecule has 4 fully saturated rings. The number of ether oxygens (including phenoxy) is 5. The van der Waals surface area contributed by atoms with Crippen LogP contribution in [-0.4, -0.2) is 176 Å². The molecule has 88 heavy (non-hydrogen) atoms. The normalized spacial score (nSPS) is 27.8. The topological polar surface area (TPSA) is 543 Å². The average molecular weight is 1320 g/mol. The highest BCUT2D eigenvalue weighted by molar-refractivity contribution is 7.80. The Balaban J connectivity index is 0.775. The lowest BCUT2D eigenvalue weighted by molar-refractivity contribution is -0.0683. The number of phosphoric acid groups is 3. The van der Waals surface area contributed by atoms with Crippen LogP contribution in [0.5, 0.6) is 0 Å². The molecular formula is C45H61N18O21P3S. The van der Waals surface area contributed by atoms with Crippen LogP contribution < -0.4 is 39.7 Å². The zero-order chi connectivity index (χ0) is 62.2. The van der Waals surface area contributed by atoms with Gasteiger partial charge in [-0.1, -0.05) is 12.8 Å². The van der Waals surface area contributed by atoms with Gasteiger partial charge in [0.05, 0.1) is 51.5 Å². The fourth-order valence-corrected chi connectivity index (χ4v) is 13.5. The van der Waals surface area contributed by atoms with E-state index in [1.807, 2.05) is 0 Å². The van der Waals surface area contributed by atoms with Gasteiger partial charge in [-0.3, -0.25) is 65.0 Å². The molecule has 11 rings (SSSR count). The van der Waals surface area contributed by atoms with E-state index in [1.54, 1.807) is 4.57 Å². The van der Waals surface area contributed by atoms with Crippen molar-refractivity contribution in [3.05, 3.63) is 68.8 Å². The van der Waals surface area contributed by atoms with Gasteiger partial charge < -0.3 is 66.4 Å². The SMILES string of the molecule is Nc1ccn([C@H]2C[C@H](OP(=O)(O)OC[C@H]3O[C@@H](n4cnc5c(=O)[nH]c(N)nc54)C[C@@H]3OP(=O)(O)OC[C@H]3O[C@@H](n4cnc5c(=O)[nH]c(N)nc54)C[C@@H]3O)[C@@H](COP(=O)(O)O[C@H]3C[C@H](n4cnc5c(N)ncnc54)O[C@@H]3COCCCCCCS)O2)c(=O)n1. The van der Waals surface area contributed by atoms with Crippen molar-refractivity contribution in [1.29, 1.82) is 0 Å². The summed E-state index contributed by atoms with van der Waals surface area (Å²) >= 11 is 4.25. The van der Waals surface area contributed by atoms with Crippen LogP contribution in [0.2, 0.25) is 0 Å². The highest BCUT2D eigenvalue weighted by Crippen LogP contribution is 2.54. The van der Waals surface area contributed by atoms with Crippen molar-refractivity contribution in [2.24, 2.45) is 0 Å². The molecule has 4 aliphatic rings. The van der Waals surface area contributed by atoms with Crippen LogP contribution in [0, 0.1) is 0 Å². The van der Waals surface area contributed by atoms with Gasteiger partial charge in [-0.05, 0) is 24.7 Å². The van der Waals surface area contributed by atoms with Crippen LogP contribution in [0.15, 0.2) is 52.0 Å². The van der Waals surface area contributed by atoms with Crippen molar-refractivity contribution in [3.8, 4) is 0 Å². The Morgan fingerprint density at radius 3 is 1.55 bits per heavy atom. The number of fused-ring (bicyclic) bond motifs is 3. The molecule has 0 aromatic carbocycles. The molecule has 478 valence electrons. The van der Waals surface area contributed by atoms with E-state index in [4.69, 9.17) is 73.8 Å². The fraction of sp³-hybridized carbons (Fsp3) is 0.578. The van der Waals surface area contributed by atoms with Crippen LogP contribution in [0.4, 0.5) is 23.5 Å². The standard InChI is InChI=1S/C45H61N18O21P3S/c46-29-5-6-60(45(67)55-29)31-10-23(27(80-31)15-76-86(70,71)82-22-11-32(61-18-52-34-37(47)50-17-51-38(34)61)79-26(22)13-74-7-3-1-2-4-8-88)83-87(72,73)77-16-28-24(12-33(81-28)63-20-54-36-40(63)57-44(49)59-42(36)66)84-85(68,69)75-14-25-21(64)9-30(78-25)62-19-53-35-39(62)56-43(48)58-41(35)65/h5-6,17-28,30-33,64,88H,1-4,7-16H2,(H,68,69)(H,70,71)(H,72,73)(H2,46,55,67)(H2,47,50,51)(H3,48,56,58,65)(H3,49,57,59,66)/t21-,22-,23-,24-,25+,26+,27+,28+,30+,31+,32+,33+/m0/s1. The van der Waals surface area contributed by atoms with Gasteiger partial charge in [-0.15, -0.1) is 0 Å². The van der Waals surface area contributed by atoms with E-state index in [-0.39, 0.29) is 71.7 Å². The molecule has 14 N–H and O–H groups in total. The minimum absolute atomic E-state index is 0.0400. The molecule has 4 saturated heterocycles. The van der Waals surface area contributed by atoms with E-state index in [0.29, 0.717) is 17.8 Å². The molecule has 0 radical (unpaired) electrons. The minimum Gasteiger partial charge on any atom is -0.390 e. The summed E-state index contributed by atoms with van der Waals surface area (Å²) in [7, 11) is -15.7. The van der Waals surface area contributed by atoms with Crippen molar-refractivity contribution in [2.45, 2.75) is 125 Å². The minimum atomic E-state index is -5.38. The number of aromatic amines is 2. The Hall–Kier alpha value is -6.23. The zero-order valence-corrected chi connectivity index (χ0v) is 49.6. The number of rotatable bonds is 27. The molecule has 7 aromatic rings. The molecular weight excluding hydrogens is 1250 g/mol. The molecule has 43 heteroatoms. The number of imidazole rings is 3. The van der Waals surface area contributed by atoms with E-state index in [1.165, 1.54) is 40.4 Å². The molecule has 0 aliphatic carbocycles. The van der Waals surface area contributed by atoms with E-state index < -0.39 is 140 Å². The number of phosphoric ester groups is 3. The third-order valence-corrected chi connectivity index (χ3v) is 18.0. The first kappa shape index (κ1) is 63.3. The summed E-state index contributed by atoms with van der Waals surface area (Å²) in [5.41, 5.74) is 21.4. The summed E-state index contributed by atoms with van der Waals surface area (Å²) in [4.78, 5) is 109. The van der Waals surface area contributed by atoms with Gasteiger partial charge in [0.15, 0.2) is 33.8 Å². The van der Waals surface area contributed by atoms with E-state index in [0.717, 1.165) is 42.3 Å². The van der Waals surface area contributed by atoms with Gasteiger partial charge in [0.25, 0.3) is 11.1 Å². The number of nitrogens with one attached hydrogen (secondary N) is 2. The number of aliphatic hydroxyl groups excluding tert-OH is 1. The largest absolute Gasteiger partial charge is 0.472 e.